The summed E-state index contributed by atoms with van der Waals surface area (Å²) in [5.74, 6) is 0. The van der Waals surface area contributed by atoms with Crippen molar-refractivity contribution in [3.63, 3.8) is 0 Å². The average Bonchev–Trinajstić information content (AvgIpc) is 1.35. The van der Waals surface area contributed by atoms with Gasteiger partial charge in [0.05, 0.1) is 6.17 Å². The van der Waals surface area contributed by atoms with Crippen molar-refractivity contribution in [2.24, 2.45) is 0 Å². The zero-order valence-corrected chi connectivity index (χ0v) is 4.24. The van der Waals surface area contributed by atoms with E-state index >= 15 is 0 Å². The summed E-state index contributed by atoms with van der Waals surface area (Å²) in [5, 5.41) is 0. The van der Waals surface area contributed by atoms with Crippen molar-refractivity contribution in [2.45, 2.75) is 26.2 Å². The van der Waals surface area contributed by atoms with Crippen LogP contribution in [0.25, 0.3) is 0 Å². The Balaban J connectivity index is 2.63. The molecule has 35 valence electrons. The van der Waals surface area contributed by atoms with Gasteiger partial charge in [-0.1, -0.05) is 6.82 Å². The van der Waals surface area contributed by atoms with Gasteiger partial charge in [0.15, 0.2) is 0 Å². The molecule has 0 unspecified atom stereocenters. The minimum atomic E-state index is -0.657. The predicted molar refractivity (Wildman–Crippen MR) is 27.0 cm³/mol. The van der Waals surface area contributed by atoms with Crippen LogP contribution in [0.3, 0.4) is 0 Å². The van der Waals surface area contributed by atoms with E-state index in [4.69, 9.17) is 0 Å². The fourth-order valence-electron chi connectivity index (χ4n) is 0.325. The summed E-state index contributed by atoms with van der Waals surface area (Å²) in [5.41, 5.74) is 0. The highest BCUT2D eigenvalue weighted by molar-refractivity contribution is 6.33. The van der Waals surface area contributed by atoms with Gasteiger partial charge in [-0.3, -0.25) is 0 Å². The van der Waals surface area contributed by atoms with E-state index in [-0.39, 0.29) is 0 Å². The smallest absolute Gasteiger partial charge is 0.109 e. The molecule has 6 heavy (non-hydrogen) atoms. The first-order chi connectivity index (χ1) is 2.77. The SMILES string of the molecule is C[B]C[C@@H](C)F. The zero-order valence-electron chi connectivity index (χ0n) is 4.24. The number of hydrogen-bond donors (Lipinski definition) is 0. The molecule has 1 radical (unpaired) electrons. The van der Waals surface area contributed by atoms with Gasteiger partial charge in [-0.25, -0.2) is 4.39 Å². The highest BCUT2D eigenvalue weighted by Gasteiger charge is 1.91. The molecule has 0 aromatic heterocycles. The molecule has 0 rings (SSSR count). The van der Waals surface area contributed by atoms with E-state index in [9.17, 15) is 4.39 Å². The second-order valence-corrected chi connectivity index (χ2v) is 1.42. The fraction of sp³-hybridized carbons (Fsp3) is 1.00. The van der Waals surface area contributed by atoms with E-state index in [0.29, 0.717) is 6.32 Å². The van der Waals surface area contributed by atoms with Crippen molar-refractivity contribution in [1.29, 1.82) is 0 Å². The molecule has 0 aliphatic carbocycles. The predicted octanol–water partition coefficient (Wildman–Crippen LogP) is 1.51. The Hall–Kier alpha value is -0.00506. The van der Waals surface area contributed by atoms with E-state index in [1.54, 1.807) is 6.92 Å². The molecule has 0 amide bonds. The van der Waals surface area contributed by atoms with Gasteiger partial charge in [-0.2, -0.15) is 0 Å². The molecule has 0 nitrogen and oxygen atoms in total. The normalized spacial score (nSPS) is 13.8. The van der Waals surface area contributed by atoms with Crippen molar-refractivity contribution in [1.82, 2.24) is 0 Å². The second kappa shape index (κ2) is 3.20. The highest BCUT2D eigenvalue weighted by atomic mass is 19.1. The molecular weight excluding hydrogens is 77.9 g/mol. The van der Waals surface area contributed by atoms with Crippen LogP contribution in [0.4, 0.5) is 4.39 Å². The van der Waals surface area contributed by atoms with Crippen LogP contribution < -0.4 is 0 Å². The van der Waals surface area contributed by atoms with Gasteiger partial charge in [-0.15, -0.1) is 0 Å². The highest BCUT2D eigenvalue weighted by Crippen LogP contribution is 1.92. The largest absolute Gasteiger partial charge is 0.249 e. The Bertz CT molecular complexity index is 28.7. The lowest BCUT2D eigenvalue weighted by molar-refractivity contribution is 0.391. The van der Waals surface area contributed by atoms with Crippen molar-refractivity contribution in [2.75, 3.05) is 0 Å². The van der Waals surface area contributed by atoms with Gasteiger partial charge in [0.1, 0.15) is 7.28 Å². The van der Waals surface area contributed by atoms with Crippen LogP contribution in [0.5, 0.6) is 0 Å². The van der Waals surface area contributed by atoms with E-state index < -0.39 is 6.17 Å². The van der Waals surface area contributed by atoms with Crippen LogP contribution in [0.2, 0.25) is 13.1 Å². The van der Waals surface area contributed by atoms with Crippen LogP contribution in [-0.2, 0) is 0 Å². The molecule has 0 aliphatic heterocycles. The van der Waals surface area contributed by atoms with Crippen molar-refractivity contribution in [3.05, 3.63) is 0 Å². The zero-order chi connectivity index (χ0) is 4.99. The summed E-state index contributed by atoms with van der Waals surface area (Å²) in [6.45, 7) is 3.41. The molecule has 0 spiro atoms. The third-order valence-electron chi connectivity index (χ3n) is 0.560. The minimum absolute atomic E-state index is 0.583. The quantitative estimate of drug-likeness (QED) is 0.448. The second-order valence-electron chi connectivity index (χ2n) is 1.42. The molecular formula is C4H9BF. The van der Waals surface area contributed by atoms with Crippen LogP contribution >= 0.6 is 0 Å². The molecule has 0 aliphatic rings. The van der Waals surface area contributed by atoms with E-state index in [0.717, 1.165) is 0 Å². The third kappa shape index (κ3) is 3.99. The number of halogens is 1. The maximum atomic E-state index is 11.7. The summed E-state index contributed by atoms with van der Waals surface area (Å²) in [7, 11) is 1.82. The number of hydrogen-bond acceptors (Lipinski definition) is 0. The van der Waals surface area contributed by atoms with Crippen LogP contribution in [-0.4, -0.2) is 13.5 Å². The van der Waals surface area contributed by atoms with Gasteiger partial charge in [-0.05, 0) is 13.2 Å². The molecule has 0 bridgehead atoms. The third-order valence-corrected chi connectivity index (χ3v) is 0.560. The Kier molecular flexibility index (Phi) is 3.19. The molecule has 0 aromatic carbocycles. The fourth-order valence-corrected chi connectivity index (χ4v) is 0.325. The molecule has 2 heteroatoms. The first-order valence-corrected chi connectivity index (χ1v) is 2.19. The van der Waals surface area contributed by atoms with Crippen molar-refractivity contribution in [3.8, 4) is 0 Å². The average molecular weight is 86.9 g/mol. The molecule has 1 atom stereocenters. The van der Waals surface area contributed by atoms with Gasteiger partial charge >= 0.3 is 0 Å². The first kappa shape index (κ1) is 5.99. The maximum Gasteiger partial charge on any atom is 0.109 e. The molecule has 0 saturated heterocycles. The molecule has 0 saturated carbocycles. The molecule has 0 aromatic rings. The van der Waals surface area contributed by atoms with Crippen LogP contribution in [0.1, 0.15) is 6.92 Å². The lowest BCUT2D eigenvalue weighted by Crippen LogP contribution is -1.93. The number of rotatable bonds is 2. The molecule has 0 fully saturated rings. The van der Waals surface area contributed by atoms with Gasteiger partial charge in [0.25, 0.3) is 0 Å². The van der Waals surface area contributed by atoms with Crippen molar-refractivity contribution >= 4 is 7.28 Å². The maximum absolute atomic E-state index is 11.7. The first-order valence-electron chi connectivity index (χ1n) is 2.19. The summed E-state index contributed by atoms with van der Waals surface area (Å²) >= 11 is 0. The number of alkyl halides is 1. The summed E-state index contributed by atoms with van der Waals surface area (Å²) in [6.07, 6.45) is -0.0741. The summed E-state index contributed by atoms with van der Waals surface area (Å²) < 4.78 is 11.7. The minimum Gasteiger partial charge on any atom is -0.249 e. The standard InChI is InChI=1S/C4H9BF/c1-4(6)3-5-2/h4H,3H2,1-2H3/t4-/m1/s1. The monoisotopic (exact) mass is 87.1 g/mol. The van der Waals surface area contributed by atoms with E-state index in [1.807, 2.05) is 14.1 Å². The Labute approximate surface area is 39.0 Å². The Morgan fingerprint density at radius 3 is 2.33 bits per heavy atom. The van der Waals surface area contributed by atoms with Gasteiger partial charge in [0.2, 0.25) is 0 Å². The van der Waals surface area contributed by atoms with Crippen LogP contribution in [0.15, 0.2) is 0 Å². The summed E-state index contributed by atoms with van der Waals surface area (Å²) in [4.78, 5) is 0. The van der Waals surface area contributed by atoms with Crippen LogP contribution in [0, 0.1) is 0 Å². The molecule has 0 N–H and O–H groups in total. The van der Waals surface area contributed by atoms with Crippen molar-refractivity contribution < 1.29 is 4.39 Å². The molecule has 0 heterocycles. The van der Waals surface area contributed by atoms with Gasteiger partial charge in [0, 0.05) is 0 Å². The summed E-state index contributed by atoms with van der Waals surface area (Å²) in [6, 6.07) is 0. The lowest BCUT2D eigenvalue weighted by atomic mass is 9.76. The topological polar surface area (TPSA) is 0 Å². The lowest BCUT2D eigenvalue weighted by Gasteiger charge is -1.90. The van der Waals surface area contributed by atoms with Gasteiger partial charge < -0.3 is 0 Å². The Morgan fingerprint density at radius 2 is 2.33 bits per heavy atom. The van der Waals surface area contributed by atoms with E-state index in [2.05, 4.69) is 0 Å². The Morgan fingerprint density at radius 1 is 1.83 bits per heavy atom. The van der Waals surface area contributed by atoms with E-state index in [1.165, 1.54) is 0 Å².